The van der Waals surface area contributed by atoms with Crippen LogP contribution in [-0.2, 0) is 16.1 Å². The van der Waals surface area contributed by atoms with Gasteiger partial charge in [-0.25, -0.2) is 0 Å². The van der Waals surface area contributed by atoms with Gasteiger partial charge in [0.25, 0.3) is 11.7 Å². The molecule has 7 heteroatoms. The van der Waals surface area contributed by atoms with Crippen LogP contribution in [-0.4, -0.2) is 40.4 Å². The molecule has 0 aliphatic carbocycles. The maximum atomic E-state index is 13.2. The van der Waals surface area contributed by atoms with E-state index in [0.29, 0.717) is 29.2 Å². The number of carbonyl (C=O) groups excluding carboxylic acids is 2. The number of methoxy groups -OCH3 is 1. The number of aliphatic hydroxyl groups is 1. The normalized spacial score (nSPS) is 17.3. The van der Waals surface area contributed by atoms with Crippen LogP contribution in [0.25, 0.3) is 5.76 Å². The minimum atomic E-state index is -0.779. The van der Waals surface area contributed by atoms with E-state index in [9.17, 15) is 14.7 Å². The molecular formula is C26H24N2O5. The molecule has 1 aliphatic rings. The second-order valence-electron chi connectivity index (χ2n) is 7.48. The van der Waals surface area contributed by atoms with Gasteiger partial charge in [-0.3, -0.25) is 14.6 Å². The van der Waals surface area contributed by atoms with E-state index in [2.05, 4.69) is 4.98 Å². The van der Waals surface area contributed by atoms with Gasteiger partial charge in [0.15, 0.2) is 0 Å². The van der Waals surface area contributed by atoms with Crippen LogP contribution in [0.5, 0.6) is 11.5 Å². The number of carbonyl (C=O) groups is 2. The van der Waals surface area contributed by atoms with E-state index >= 15 is 0 Å². The summed E-state index contributed by atoms with van der Waals surface area (Å²) in [4.78, 5) is 31.7. The first-order chi connectivity index (χ1) is 16.0. The molecule has 2 heterocycles. The van der Waals surface area contributed by atoms with Gasteiger partial charge in [-0.05, 0) is 42.8 Å². The number of benzene rings is 2. The molecule has 168 valence electrons. The summed E-state index contributed by atoms with van der Waals surface area (Å²) in [6.07, 6.45) is 3.04. The van der Waals surface area contributed by atoms with Crippen molar-refractivity contribution in [2.45, 2.75) is 19.5 Å². The molecule has 1 aliphatic heterocycles. The maximum Gasteiger partial charge on any atom is 0.295 e. The molecule has 3 aromatic rings. The van der Waals surface area contributed by atoms with E-state index in [1.54, 1.807) is 49.6 Å². The SMILES string of the molecule is CCOc1ccc(C2/C(=C(\O)c3ccncc3)C(=O)C(=O)N2Cc2ccccc2OC)cc1. The largest absolute Gasteiger partial charge is 0.507 e. The summed E-state index contributed by atoms with van der Waals surface area (Å²) in [6.45, 7) is 2.55. The van der Waals surface area contributed by atoms with Crippen LogP contribution in [0.3, 0.4) is 0 Å². The van der Waals surface area contributed by atoms with E-state index in [1.165, 1.54) is 17.3 Å². The van der Waals surface area contributed by atoms with Crippen molar-refractivity contribution in [3.63, 3.8) is 0 Å². The molecule has 4 rings (SSSR count). The third kappa shape index (κ3) is 4.30. The molecule has 1 atom stereocenters. The number of rotatable bonds is 7. The number of ether oxygens (including phenoxy) is 2. The van der Waals surface area contributed by atoms with Crippen LogP contribution in [0.1, 0.15) is 29.7 Å². The molecule has 0 saturated carbocycles. The van der Waals surface area contributed by atoms with E-state index in [4.69, 9.17) is 9.47 Å². The lowest BCUT2D eigenvalue weighted by molar-refractivity contribution is -0.140. The Morgan fingerprint density at radius 3 is 2.39 bits per heavy atom. The highest BCUT2D eigenvalue weighted by Gasteiger charge is 2.46. The lowest BCUT2D eigenvalue weighted by Crippen LogP contribution is -2.29. The standard InChI is InChI=1S/C26H24N2O5/c1-3-33-20-10-8-17(9-11-20)23-22(24(29)18-12-14-27-15-13-18)25(30)26(31)28(23)16-19-6-4-5-7-21(19)32-2/h4-15,23,29H,3,16H2,1-2H3/b24-22+. The van der Waals surface area contributed by atoms with Gasteiger partial charge >= 0.3 is 0 Å². The zero-order valence-electron chi connectivity index (χ0n) is 18.4. The molecule has 1 aromatic heterocycles. The minimum Gasteiger partial charge on any atom is -0.507 e. The Morgan fingerprint density at radius 1 is 1.03 bits per heavy atom. The third-order valence-electron chi connectivity index (χ3n) is 5.53. The monoisotopic (exact) mass is 444 g/mol. The lowest BCUT2D eigenvalue weighted by atomic mass is 9.95. The number of Topliss-reactive ketones (excluding diaryl/α,β-unsaturated/α-hetero) is 1. The molecule has 0 spiro atoms. The molecular weight excluding hydrogens is 420 g/mol. The molecule has 1 saturated heterocycles. The topological polar surface area (TPSA) is 89.0 Å². The number of likely N-dealkylation sites (tertiary alicyclic amines) is 1. The van der Waals surface area contributed by atoms with Crippen molar-refractivity contribution in [2.24, 2.45) is 0 Å². The number of aromatic nitrogens is 1. The number of para-hydroxylation sites is 1. The highest BCUT2D eigenvalue weighted by atomic mass is 16.5. The Hall–Kier alpha value is -4.13. The Balaban J connectivity index is 1.84. The first kappa shape index (κ1) is 22.1. The van der Waals surface area contributed by atoms with E-state index < -0.39 is 17.7 Å². The van der Waals surface area contributed by atoms with Crippen molar-refractivity contribution >= 4 is 17.4 Å². The minimum absolute atomic E-state index is 0.0326. The van der Waals surface area contributed by atoms with Crippen molar-refractivity contribution in [3.05, 3.63) is 95.3 Å². The van der Waals surface area contributed by atoms with Crippen LogP contribution in [0, 0.1) is 0 Å². The summed E-state index contributed by atoms with van der Waals surface area (Å²) >= 11 is 0. The Kier molecular flexibility index (Phi) is 6.40. The third-order valence-corrected chi connectivity index (χ3v) is 5.53. The second kappa shape index (κ2) is 9.56. The molecule has 33 heavy (non-hydrogen) atoms. The zero-order chi connectivity index (χ0) is 23.4. The number of ketones is 1. The van der Waals surface area contributed by atoms with Gasteiger partial charge in [-0.1, -0.05) is 30.3 Å². The molecule has 1 unspecified atom stereocenters. The van der Waals surface area contributed by atoms with Crippen molar-refractivity contribution in [2.75, 3.05) is 13.7 Å². The predicted molar refractivity (Wildman–Crippen MR) is 123 cm³/mol. The summed E-state index contributed by atoms with van der Waals surface area (Å²) in [6, 6.07) is 16.9. The lowest BCUT2D eigenvalue weighted by Gasteiger charge is -2.26. The number of hydrogen-bond acceptors (Lipinski definition) is 6. The Labute approximate surface area is 191 Å². The van der Waals surface area contributed by atoms with E-state index in [1.807, 2.05) is 25.1 Å². The summed E-state index contributed by atoms with van der Waals surface area (Å²) < 4.78 is 11.0. The van der Waals surface area contributed by atoms with Crippen LogP contribution in [0.4, 0.5) is 0 Å². The Morgan fingerprint density at radius 2 is 1.73 bits per heavy atom. The van der Waals surface area contributed by atoms with Crippen LogP contribution in [0.15, 0.2) is 78.6 Å². The van der Waals surface area contributed by atoms with Crippen LogP contribution < -0.4 is 9.47 Å². The van der Waals surface area contributed by atoms with Gasteiger partial charge in [0.2, 0.25) is 0 Å². The fourth-order valence-corrected chi connectivity index (χ4v) is 3.99. The second-order valence-corrected chi connectivity index (χ2v) is 7.48. The highest BCUT2D eigenvalue weighted by molar-refractivity contribution is 6.46. The van der Waals surface area contributed by atoms with Crippen molar-refractivity contribution in [1.82, 2.24) is 9.88 Å². The summed E-state index contributed by atoms with van der Waals surface area (Å²) in [7, 11) is 1.56. The van der Waals surface area contributed by atoms with Crippen molar-refractivity contribution in [3.8, 4) is 11.5 Å². The predicted octanol–water partition coefficient (Wildman–Crippen LogP) is 4.11. The number of pyridine rings is 1. The first-order valence-corrected chi connectivity index (χ1v) is 10.6. The number of nitrogens with zero attached hydrogens (tertiary/aromatic N) is 2. The van der Waals surface area contributed by atoms with Gasteiger partial charge in [0.1, 0.15) is 17.3 Å². The first-order valence-electron chi connectivity index (χ1n) is 10.6. The molecule has 1 amide bonds. The van der Waals surface area contributed by atoms with Crippen LogP contribution >= 0.6 is 0 Å². The highest BCUT2D eigenvalue weighted by Crippen LogP contribution is 2.41. The van der Waals surface area contributed by atoms with Crippen LogP contribution in [0.2, 0.25) is 0 Å². The Bertz CT molecular complexity index is 1190. The smallest absolute Gasteiger partial charge is 0.295 e. The molecule has 0 bridgehead atoms. The average molecular weight is 444 g/mol. The van der Waals surface area contributed by atoms with Gasteiger partial charge in [0.05, 0.1) is 31.9 Å². The molecule has 2 aromatic carbocycles. The van der Waals surface area contributed by atoms with Gasteiger partial charge in [0, 0.05) is 23.5 Å². The number of aliphatic hydroxyl groups excluding tert-OH is 1. The summed E-state index contributed by atoms with van der Waals surface area (Å²) in [5.41, 5.74) is 1.88. The number of hydrogen-bond donors (Lipinski definition) is 1. The molecule has 0 radical (unpaired) electrons. The summed E-state index contributed by atoms with van der Waals surface area (Å²) in [5.74, 6) is -0.373. The van der Waals surface area contributed by atoms with E-state index in [-0.39, 0.29) is 17.9 Å². The van der Waals surface area contributed by atoms with Crippen molar-refractivity contribution < 1.29 is 24.2 Å². The summed E-state index contributed by atoms with van der Waals surface area (Å²) in [5, 5.41) is 11.1. The maximum absolute atomic E-state index is 13.2. The molecule has 1 fully saturated rings. The van der Waals surface area contributed by atoms with Crippen molar-refractivity contribution in [1.29, 1.82) is 0 Å². The fraction of sp³-hybridized carbons (Fsp3) is 0.192. The van der Waals surface area contributed by atoms with Gasteiger partial charge in [-0.2, -0.15) is 0 Å². The van der Waals surface area contributed by atoms with E-state index in [0.717, 1.165) is 5.56 Å². The molecule has 1 N–H and O–H groups in total. The number of amides is 1. The fourth-order valence-electron chi connectivity index (χ4n) is 3.99. The average Bonchev–Trinajstić information content (AvgIpc) is 3.10. The van der Waals surface area contributed by atoms with Gasteiger partial charge < -0.3 is 19.5 Å². The van der Waals surface area contributed by atoms with Gasteiger partial charge in [-0.15, -0.1) is 0 Å². The zero-order valence-corrected chi connectivity index (χ0v) is 18.4. The quantitative estimate of drug-likeness (QED) is 0.335. The molecule has 7 nitrogen and oxygen atoms in total.